The van der Waals surface area contributed by atoms with Gasteiger partial charge in [0.05, 0.1) is 6.26 Å². The number of rotatable bonds is 4. The molecule has 0 heterocycles. The maximum Gasteiger partial charge on any atom is 0.291 e. The second-order valence-electron chi connectivity index (χ2n) is 1.76. The highest BCUT2D eigenvalue weighted by Crippen LogP contribution is 2.47. The van der Waals surface area contributed by atoms with Crippen LogP contribution in [0.5, 0.6) is 0 Å². The fraction of sp³-hybridized carbons (Fsp3) is 0.600. The fourth-order valence-electron chi connectivity index (χ4n) is 0.357. The van der Waals surface area contributed by atoms with E-state index in [0.717, 1.165) is 12.8 Å². The molecule has 0 saturated carbocycles. The van der Waals surface area contributed by atoms with Gasteiger partial charge in [0.2, 0.25) is 0 Å². The Balaban J connectivity index is 3.44. The van der Waals surface area contributed by atoms with Gasteiger partial charge < -0.3 is 9.42 Å². The van der Waals surface area contributed by atoms with Crippen LogP contribution in [0.1, 0.15) is 19.8 Å². The molecule has 0 amide bonds. The van der Waals surface area contributed by atoms with Crippen molar-refractivity contribution in [2.45, 2.75) is 19.8 Å². The van der Waals surface area contributed by atoms with E-state index in [1.54, 1.807) is 0 Å². The Morgan fingerprint density at radius 2 is 2.40 bits per heavy atom. The standard InChI is InChI=1S/C5H11O2PS2/c1-2-3-4-5-7-8(6,9)10/h4-5H,2-3H2,1H3,(H2,6,9,10). The van der Waals surface area contributed by atoms with E-state index in [9.17, 15) is 0 Å². The van der Waals surface area contributed by atoms with E-state index < -0.39 is 5.69 Å². The summed E-state index contributed by atoms with van der Waals surface area (Å²) in [6, 6.07) is 0. The highest BCUT2D eigenvalue weighted by Gasteiger charge is 2.01. The summed E-state index contributed by atoms with van der Waals surface area (Å²) in [6.07, 6.45) is 5.22. The van der Waals surface area contributed by atoms with Crippen molar-refractivity contribution < 1.29 is 9.42 Å². The van der Waals surface area contributed by atoms with E-state index in [2.05, 4.69) is 31.0 Å². The average Bonchev–Trinajstić information content (AvgIpc) is 1.78. The molecule has 0 radical (unpaired) electrons. The smallest absolute Gasteiger partial charge is 0.291 e. The van der Waals surface area contributed by atoms with Crippen molar-refractivity contribution in [3.63, 3.8) is 0 Å². The summed E-state index contributed by atoms with van der Waals surface area (Å²) in [6.45, 7) is 2.06. The molecule has 0 bridgehead atoms. The molecule has 0 aromatic rings. The van der Waals surface area contributed by atoms with E-state index >= 15 is 0 Å². The third-order valence-electron chi connectivity index (χ3n) is 0.750. The van der Waals surface area contributed by atoms with E-state index in [0.29, 0.717) is 0 Å². The van der Waals surface area contributed by atoms with Crippen LogP contribution in [-0.4, -0.2) is 4.89 Å². The summed E-state index contributed by atoms with van der Waals surface area (Å²) >= 11 is 8.16. The predicted octanol–water partition coefficient (Wildman–Crippen LogP) is 2.46. The Labute approximate surface area is 71.6 Å². The SMILES string of the molecule is CCCC=COP(O)(=S)S. The molecular weight excluding hydrogens is 187 g/mol. The van der Waals surface area contributed by atoms with Gasteiger partial charge in [-0.05, 0) is 24.3 Å². The predicted molar refractivity (Wildman–Crippen MR) is 50.6 cm³/mol. The van der Waals surface area contributed by atoms with Gasteiger partial charge in [-0.25, -0.2) is 0 Å². The maximum absolute atomic E-state index is 8.83. The lowest BCUT2D eigenvalue weighted by Crippen LogP contribution is -1.70. The highest BCUT2D eigenvalue weighted by atomic mass is 32.9. The zero-order valence-electron chi connectivity index (χ0n) is 5.73. The fourth-order valence-corrected chi connectivity index (χ4v) is 0.914. The van der Waals surface area contributed by atoms with Gasteiger partial charge in [-0.3, -0.25) is 0 Å². The lowest BCUT2D eigenvalue weighted by Gasteiger charge is -2.04. The Hall–Kier alpha value is 0.500. The molecule has 0 saturated heterocycles. The second kappa shape index (κ2) is 5.19. The molecule has 0 rings (SSSR count). The number of hydrogen-bond donors (Lipinski definition) is 2. The lowest BCUT2D eigenvalue weighted by molar-refractivity contribution is 0.454. The molecule has 0 aliphatic carbocycles. The first-order valence-electron chi connectivity index (χ1n) is 2.95. The quantitative estimate of drug-likeness (QED) is 0.413. The molecule has 1 atom stereocenters. The highest BCUT2D eigenvalue weighted by molar-refractivity contribution is 8.59. The van der Waals surface area contributed by atoms with Crippen LogP contribution in [0.25, 0.3) is 0 Å². The molecule has 5 heteroatoms. The van der Waals surface area contributed by atoms with Gasteiger partial charge in [0, 0.05) is 0 Å². The van der Waals surface area contributed by atoms with Gasteiger partial charge >= 0.3 is 0 Å². The molecule has 0 aliphatic heterocycles. The van der Waals surface area contributed by atoms with E-state index in [4.69, 9.17) is 9.42 Å². The Morgan fingerprint density at radius 3 is 2.80 bits per heavy atom. The average molecular weight is 198 g/mol. The second-order valence-corrected chi connectivity index (χ2v) is 6.87. The molecular formula is C5H11O2PS2. The van der Waals surface area contributed by atoms with Crippen molar-refractivity contribution in [3.8, 4) is 0 Å². The van der Waals surface area contributed by atoms with Crippen molar-refractivity contribution in [2.24, 2.45) is 0 Å². The summed E-state index contributed by atoms with van der Waals surface area (Å²) in [5.74, 6) is 0. The zero-order chi connectivity index (χ0) is 8.04. The number of allylic oxidation sites excluding steroid dienone is 1. The minimum atomic E-state index is -2.76. The van der Waals surface area contributed by atoms with Crippen molar-refractivity contribution in [2.75, 3.05) is 0 Å². The van der Waals surface area contributed by atoms with Crippen molar-refractivity contribution in [1.82, 2.24) is 0 Å². The van der Waals surface area contributed by atoms with Crippen LogP contribution >= 0.6 is 17.9 Å². The Bertz CT molecular complexity index is 152. The summed E-state index contributed by atoms with van der Waals surface area (Å²) in [4.78, 5) is 8.83. The minimum Gasteiger partial charge on any atom is -0.445 e. The van der Waals surface area contributed by atoms with Crippen LogP contribution in [0.15, 0.2) is 12.3 Å². The van der Waals surface area contributed by atoms with Crippen LogP contribution < -0.4 is 0 Å². The third kappa shape index (κ3) is 8.50. The third-order valence-corrected chi connectivity index (χ3v) is 1.69. The first-order chi connectivity index (χ1) is 4.56. The lowest BCUT2D eigenvalue weighted by atomic mass is 10.3. The first-order valence-corrected chi connectivity index (χ1v) is 6.78. The van der Waals surface area contributed by atoms with Crippen LogP contribution in [0.3, 0.4) is 0 Å². The molecule has 0 aliphatic rings. The van der Waals surface area contributed by atoms with Gasteiger partial charge in [-0.2, -0.15) is 0 Å². The molecule has 0 fully saturated rings. The van der Waals surface area contributed by atoms with Crippen LogP contribution in [0.4, 0.5) is 0 Å². The maximum atomic E-state index is 8.83. The molecule has 2 nitrogen and oxygen atoms in total. The van der Waals surface area contributed by atoms with E-state index in [1.807, 2.05) is 6.08 Å². The number of thiol groups is 1. The van der Waals surface area contributed by atoms with Gasteiger partial charge in [0.1, 0.15) is 0 Å². The van der Waals surface area contributed by atoms with Crippen LogP contribution in [-0.2, 0) is 16.3 Å². The minimum absolute atomic E-state index is 0.934. The summed E-state index contributed by atoms with van der Waals surface area (Å²) in [7, 11) is 0. The van der Waals surface area contributed by atoms with Gasteiger partial charge in [0.15, 0.2) is 0 Å². The van der Waals surface area contributed by atoms with Gasteiger partial charge in [-0.15, -0.1) is 0 Å². The molecule has 0 spiro atoms. The van der Waals surface area contributed by atoms with Crippen LogP contribution in [0, 0.1) is 0 Å². The molecule has 1 N–H and O–H groups in total. The summed E-state index contributed by atoms with van der Waals surface area (Å²) in [5.41, 5.74) is -2.76. The van der Waals surface area contributed by atoms with Gasteiger partial charge in [-0.1, -0.05) is 25.6 Å². The zero-order valence-corrected chi connectivity index (χ0v) is 8.33. The monoisotopic (exact) mass is 198 g/mol. The number of unbranched alkanes of at least 4 members (excludes halogenated alkanes) is 1. The Kier molecular flexibility index (Phi) is 5.45. The normalized spacial score (nSPS) is 17.1. The molecule has 10 heavy (non-hydrogen) atoms. The van der Waals surface area contributed by atoms with Crippen molar-refractivity contribution in [1.29, 1.82) is 0 Å². The van der Waals surface area contributed by atoms with E-state index in [-0.39, 0.29) is 0 Å². The summed E-state index contributed by atoms with van der Waals surface area (Å²) < 4.78 is 4.70. The Morgan fingerprint density at radius 1 is 1.80 bits per heavy atom. The number of hydrogen-bond acceptors (Lipinski definition) is 2. The van der Waals surface area contributed by atoms with Gasteiger partial charge in [0.25, 0.3) is 5.69 Å². The molecule has 0 aromatic heterocycles. The first kappa shape index (κ1) is 10.5. The molecule has 60 valence electrons. The van der Waals surface area contributed by atoms with Crippen molar-refractivity contribution in [3.05, 3.63) is 12.3 Å². The van der Waals surface area contributed by atoms with Crippen molar-refractivity contribution >= 4 is 29.7 Å². The molecule has 0 aromatic carbocycles. The summed E-state index contributed by atoms with van der Waals surface area (Å²) in [5, 5.41) is 0. The topological polar surface area (TPSA) is 29.5 Å². The van der Waals surface area contributed by atoms with Crippen LogP contribution in [0.2, 0.25) is 0 Å². The largest absolute Gasteiger partial charge is 0.445 e. The van der Waals surface area contributed by atoms with E-state index in [1.165, 1.54) is 6.26 Å². The molecule has 1 unspecified atom stereocenters.